The fourth-order valence-corrected chi connectivity index (χ4v) is 10.6. The average molecular weight is 1200 g/mol. The van der Waals surface area contributed by atoms with E-state index in [2.05, 4.69) is 47.2 Å². The van der Waals surface area contributed by atoms with Gasteiger partial charge in [-0.15, -0.1) is 0 Å². The van der Waals surface area contributed by atoms with Crippen LogP contribution in [0, 0.1) is 17.8 Å². The predicted molar refractivity (Wildman–Crippen MR) is 321 cm³/mol. The zero-order valence-corrected chi connectivity index (χ0v) is 51.3. The summed E-state index contributed by atoms with van der Waals surface area (Å²) in [5.41, 5.74) is 6.96. The molecule has 2 saturated heterocycles. The van der Waals surface area contributed by atoms with Crippen molar-refractivity contribution in [1.82, 2.24) is 57.0 Å². The summed E-state index contributed by atoms with van der Waals surface area (Å²) < 4.78 is 5.58. The van der Waals surface area contributed by atoms with Crippen molar-refractivity contribution in [2.45, 2.75) is 199 Å². The van der Waals surface area contributed by atoms with Crippen LogP contribution in [0.25, 0.3) is 0 Å². The van der Waals surface area contributed by atoms with Crippen LogP contribution in [0.5, 0.6) is 0 Å². The number of hydrogen-bond donors (Lipinski definition) is 10. The summed E-state index contributed by atoms with van der Waals surface area (Å²) in [6.45, 7) is 16.7. The molecular formula is C62H92N12O12. The third-order valence-corrected chi connectivity index (χ3v) is 14.9. The second-order valence-corrected chi connectivity index (χ2v) is 24.7. The number of nitrogens with one attached hydrogen (secondary N) is 8. The van der Waals surface area contributed by atoms with Crippen molar-refractivity contribution in [1.29, 1.82) is 0 Å². The number of nitrogens with two attached hydrogens (primary N) is 1. The number of carboxylic acid groups (broad SMARTS) is 1. The molecule has 0 bridgehead atoms. The Labute approximate surface area is 504 Å². The van der Waals surface area contributed by atoms with E-state index in [1.165, 1.54) is 22.3 Å². The van der Waals surface area contributed by atoms with Crippen LogP contribution in [-0.2, 0) is 67.2 Å². The molecule has 9 unspecified atom stereocenters. The molecule has 0 radical (unpaired) electrons. The van der Waals surface area contributed by atoms with Gasteiger partial charge in [0, 0.05) is 44.2 Å². The quantitative estimate of drug-likeness (QED) is 0.0414. The summed E-state index contributed by atoms with van der Waals surface area (Å²) in [6, 6.07) is 7.14. The largest absolute Gasteiger partial charge is 0.480 e. The standard InChI is InChI=1S/C62H92N12O12/c1-37(2)30-44(53(76)68-45(31-38(3)4)55(78)72-51(39(5)6)58(81)71-48(60(83)84)33-41-22-14-11-15-23-41)67-52(75)43(24-16-17-27-63)66-54(77)46(32-40-20-12-10-13-21-40)69-56(79)49-25-18-28-73(49)59(82)47(34-42-35-64-36-65-42)70-57(80)50-26-19-29-74(50)61(85)86-62(7,8)9/h10-15,20-23,35-39,43-51H,16-19,24-34,63H2,1-9H3,(H,64,65)(H,66,77)(H,67,75)(H,68,76)(H,69,79)(H,70,80)(H,71,81)(H,72,78)(H,83,84). The van der Waals surface area contributed by atoms with Crippen molar-refractivity contribution in [3.8, 4) is 0 Å². The minimum Gasteiger partial charge on any atom is -0.480 e. The zero-order valence-electron chi connectivity index (χ0n) is 51.3. The molecule has 9 atom stereocenters. The van der Waals surface area contributed by atoms with Gasteiger partial charge in [-0.1, -0.05) is 102 Å². The Kier molecular flexibility index (Phi) is 26.5. The van der Waals surface area contributed by atoms with Crippen LogP contribution in [0.4, 0.5) is 4.79 Å². The molecule has 2 fully saturated rings. The lowest BCUT2D eigenvalue weighted by molar-refractivity contribution is -0.142. The number of carboxylic acids is 1. The maximum absolute atomic E-state index is 14.7. The Bertz CT molecular complexity index is 2740. The number of aromatic nitrogens is 2. The molecule has 9 amide bonds. The van der Waals surface area contributed by atoms with Gasteiger partial charge in [-0.05, 0) is 114 Å². The van der Waals surface area contributed by atoms with Crippen molar-refractivity contribution in [2.75, 3.05) is 19.6 Å². The number of benzene rings is 2. The first kappa shape index (κ1) is 68.9. The van der Waals surface area contributed by atoms with E-state index in [4.69, 9.17) is 10.5 Å². The van der Waals surface area contributed by atoms with Crippen molar-refractivity contribution in [3.05, 3.63) is 90.0 Å². The van der Waals surface area contributed by atoms with Gasteiger partial charge in [0.05, 0.1) is 6.33 Å². The topological polar surface area (TPSA) is 346 Å². The molecule has 86 heavy (non-hydrogen) atoms. The van der Waals surface area contributed by atoms with Crippen LogP contribution in [0.1, 0.15) is 137 Å². The third-order valence-electron chi connectivity index (χ3n) is 14.9. The SMILES string of the molecule is CC(C)CC(NC(=O)C(CCCCN)NC(=O)C(Cc1ccccc1)NC(=O)C1CCCN1C(=O)C(Cc1cnc[nH]1)NC(=O)C1CCCN1C(=O)OC(C)(C)C)C(=O)NC(CC(C)C)C(=O)NC(C(=O)NC(Cc1ccccc1)C(=O)O)C(C)C. The van der Waals surface area contributed by atoms with Crippen LogP contribution in [0.3, 0.4) is 0 Å². The minimum absolute atomic E-state index is 0.00237. The molecule has 0 saturated carbocycles. The molecule has 2 aliphatic rings. The van der Waals surface area contributed by atoms with E-state index in [0.717, 1.165) is 0 Å². The smallest absolute Gasteiger partial charge is 0.410 e. The molecule has 0 aliphatic carbocycles. The number of carbonyl (C=O) groups is 10. The van der Waals surface area contributed by atoms with Gasteiger partial charge < -0.3 is 62.7 Å². The van der Waals surface area contributed by atoms with Gasteiger partial charge in [0.15, 0.2) is 0 Å². The Hall–Kier alpha value is -7.89. The number of nitrogens with zero attached hydrogens (tertiary/aromatic N) is 3. The molecule has 3 heterocycles. The van der Waals surface area contributed by atoms with Gasteiger partial charge in [-0.2, -0.15) is 0 Å². The van der Waals surface area contributed by atoms with Gasteiger partial charge in [-0.25, -0.2) is 14.6 Å². The van der Waals surface area contributed by atoms with Crippen LogP contribution < -0.4 is 43.0 Å². The third kappa shape index (κ3) is 21.6. The fraction of sp³-hybridized carbons (Fsp3) is 0.597. The first-order valence-corrected chi connectivity index (χ1v) is 30.2. The van der Waals surface area contributed by atoms with Crippen LogP contribution >= 0.6 is 0 Å². The summed E-state index contributed by atoms with van der Waals surface area (Å²) >= 11 is 0. The van der Waals surface area contributed by atoms with Crippen molar-refractivity contribution in [3.63, 3.8) is 0 Å². The number of carbonyl (C=O) groups excluding carboxylic acids is 9. The van der Waals surface area contributed by atoms with Crippen molar-refractivity contribution < 1.29 is 57.8 Å². The Morgan fingerprint density at radius 3 is 1.58 bits per heavy atom. The van der Waals surface area contributed by atoms with E-state index in [9.17, 15) is 53.1 Å². The molecule has 472 valence electrons. The first-order valence-electron chi connectivity index (χ1n) is 30.2. The second-order valence-electron chi connectivity index (χ2n) is 24.7. The predicted octanol–water partition coefficient (Wildman–Crippen LogP) is 3.18. The number of unbranched alkanes of at least 4 members (excludes halogenated alkanes) is 1. The highest BCUT2D eigenvalue weighted by Gasteiger charge is 2.43. The maximum Gasteiger partial charge on any atom is 0.410 e. The van der Waals surface area contributed by atoms with Crippen molar-refractivity contribution in [2.24, 2.45) is 23.5 Å². The molecule has 11 N–H and O–H groups in total. The number of H-pyrrole nitrogens is 1. The van der Waals surface area contributed by atoms with E-state index < -0.39 is 125 Å². The Morgan fingerprint density at radius 2 is 1.08 bits per heavy atom. The van der Waals surface area contributed by atoms with Gasteiger partial charge in [0.2, 0.25) is 47.3 Å². The summed E-state index contributed by atoms with van der Waals surface area (Å²) in [6.07, 6.45) is 5.05. The van der Waals surface area contributed by atoms with E-state index >= 15 is 0 Å². The van der Waals surface area contributed by atoms with E-state index in [0.29, 0.717) is 48.9 Å². The highest BCUT2D eigenvalue weighted by molar-refractivity contribution is 5.98. The molecule has 1 aromatic heterocycles. The van der Waals surface area contributed by atoms with E-state index in [-0.39, 0.29) is 76.4 Å². The number of imidazole rings is 1. The number of amides is 9. The first-order chi connectivity index (χ1) is 40.7. The summed E-state index contributed by atoms with van der Waals surface area (Å²) in [4.78, 5) is 150. The number of aliphatic carboxylic acids is 1. The summed E-state index contributed by atoms with van der Waals surface area (Å²) in [5.74, 6) is -7.35. The molecule has 5 rings (SSSR count). The van der Waals surface area contributed by atoms with Gasteiger partial charge in [0.25, 0.3) is 0 Å². The summed E-state index contributed by atoms with van der Waals surface area (Å²) in [7, 11) is 0. The van der Waals surface area contributed by atoms with Crippen LogP contribution in [0.2, 0.25) is 0 Å². The van der Waals surface area contributed by atoms with Crippen LogP contribution in [-0.4, -0.2) is 164 Å². The zero-order chi connectivity index (χ0) is 63.3. The van der Waals surface area contributed by atoms with E-state index in [1.807, 2.05) is 27.7 Å². The van der Waals surface area contributed by atoms with Gasteiger partial charge >= 0.3 is 12.1 Å². The fourth-order valence-electron chi connectivity index (χ4n) is 10.6. The molecule has 2 aliphatic heterocycles. The maximum atomic E-state index is 14.7. The molecule has 2 aromatic carbocycles. The lowest BCUT2D eigenvalue weighted by Gasteiger charge is -2.32. The van der Waals surface area contributed by atoms with Gasteiger partial charge in [0.1, 0.15) is 60.0 Å². The summed E-state index contributed by atoms with van der Waals surface area (Å²) in [5, 5.41) is 29.6. The molecule has 24 nitrogen and oxygen atoms in total. The Morgan fingerprint density at radius 1 is 0.605 bits per heavy atom. The number of likely N-dealkylation sites (tertiary alicyclic amines) is 2. The molecular weight excluding hydrogens is 1100 g/mol. The number of hydrogen-bond acceptors (Lipinski definition) is 13. The molecule has 24 heteroatoms. The van der Waals surface area contributed by atoms with Crippen molar-refractivity contribution >= 4 is 59.3 Å². The normalized spacial score (nSPS) is 17.5. The number of ether oxygens (including phenoxy) is 1. The average Bonchev–Trinajstić information content (AvgIpc) is 2.99. The molecule has 0 spiro atoms. The Balaban J connectivity index is 1.34. The van der Waals surface area contributed by atoms with Crippen LogP contribution in [0.15, 0.2) is 73.2 Å². The lowest BCUT2D eigenvalue weighted by Crippen LogP contribution is -2.61. The van der Waals surface area contributed by atoms with Gasteiger partial charge in [-0.3, -0.25) is 43.3 Å². The lowest BCUT2D eigenvalue weighted by atomic mass is 9.98. The highest BCUT2D eigenvalue weighted by Crippen LogP contribution is 2.24. The second kappa shape index (κ2) is 33.1. The highest BCUT2D eigenvalue weighted by atomic mass is 16.6. The molecule has 3 aromatic rings. The van der Waals surface area contributed by atoms with E-state index in [1.54, 1.807) is 95.3 Å². The monoisotopic (exact) mass is 1200 g/mol. The number of aromatic amines is 1. The minimum atomic E-state index is -1.29. The number of rotatable bonds is 31.